The Morgan fingerprint density at radius 3 is 2.75 bits per heavy atom. The number of methoxy groups -OCH3 is 1. The molecule has 0 spiro atoms. The van der Waals surface area contributed by atoms with Gasteiger partial charge in [-0.2, -0.15) is 0 Å². The minimum Gasteiger partial charge on any atom is -0.497 e. The fourth-order valence-corrected chi connectivity index (χ4v) is 3.52. The van der Waals surface area contributed by atoms with Crippen molar-refractivity contribution in [1.82, 2.24) is 20.5 Å². The molecule has 162 valence electrons. The van der Waals surface area contributed by atoms with Crippen molar-refractivity contribution in [3.63, 3.8) is 0 Å². The topological polar surface area (TPSA) is 133 Å². The second-order valence-corrected chi connectivity index (χ2v) is 7.37. The van der Waals surface area contributed by atoms with Crippen molar-refractivity contribution in [2.75, 3.05) is 13.7 Å². The van der Waals surface area contributed by atoms with Gasteiger partial charge in [0.25, 0.3) is 11.8 Å². The van der Waals surface area contributed by atoms with Gasteiger partial charge in [0.2, 0.25) is 5.54 Å². The Labute approximate surface area is 183 Å². The summed E-state index contributed by atoms with van der Waals surface area (Å²) in [5.74, 6) is 5.30. The van der Waals surface area contributed by atoms with Gasteiger partial charge < -0.3 is 20.2 Å². The van der Waals surface area contributed by atoms with Crippen LogP contribution in [0.2, 0.25) is 0 Å². The van der Waals surface area contributed by atoms with Gasteiger partial charge in [0.15, 0.2) is 0 Å². The average molecular weight is 433 g/mol. The first kappa shape index (κ1) is 20.9. The van der Waals surface area contributed by atoms with Gasteiger partial charge in [-0.15, -0.1) is 0 Å². The highest BCUT2D eigenvalue weighted by atomic mass is 16.5. The monoisotopic (exact) mass is 433 g/mol. The van der Waals surface area contributed by atoms with Crippen molar-refractivity contribution in [2.24, 2.45) is 5.16 Å². The number of rotatable bonds is 4. The molecular weight excluding hydrogens is 414 g/mol. The number of amides is 4. The lowest BCUT2D eigenvalue weighted by atomic mass is 9.99. The van der Waals surface area contributed by atoms with Crippen LogP contribution in [0.4, 0.5) is 4.79 Å². The van der Waals surface area contributed by atoms with Crippen molar-refractivity contribution < 1.29 is 24.3 Å². The van der Waals surface area contributed by atoms with Gasteiger partial charge in [0, 0.05) is 23.9 Å². The van der Waals surface area contributed by atoms with Gasteiger partial charge in [-0.05, 0) is 36.8 Å². The highest BCUT2D eigenvalue weighted by molar-refractivity contribution is 6.10. The lowest BCUT2D eigenvalue weighted by Crippen LogP contribution is -2.54. The lowest BCUT2D eigenvalue weighted by Gasteiger charge is -2.26. The number of benzene rings is 1. The number of carbonyl (C=O) groups is 3. The molecule has 10 nitrogen and oxygen atoms in total. The fourth-order valence-electron chi connectivity index (χ4n) is 3.52. The van der Waals surface area contributed by atoms with E-state index in [2.05, 4.69) is 32.6 Å². The van der Waals surface area contributed by atoms with E-state index in [4.69, 9.17) is 9.94 Å². The minimum absolute atomic E-state index is 0.130. The zero-order valence-corrected chi connectivity index (χ0v) is 17.3. The molecule has 4 rings (SSSR count). The van der Waals surface area contributed by atoms with Crippen LogP contribution in [0.25, 0.3) is 0 Å². The van der Waals surface area contributed by atoms with Crippen LogP contribution in [0.1, 0.15) is 34.1 Å². The Kier molecular flexibility index (Phi) is 5.24. The van der Waals surface area contributed by atoms with Crippen LogP contribution in [-0.4, -0.2) is 57.8 Å². The number of aromatic nitrogens is 1. The average Bonchev–Trinajstić information content (AvgIpc) is 3.26. The van der Waals surface area contributed by atoms with Crippen molar-refractivity contribution in [2.45, 2.75) is 19.0 Å². The third-order valence-electron chi connectivity index (χ3n) is 5.27. The van der Waals surface area contributed by atoms with Gasteiger partial charge in [0.05, 0.1) is 19.3 Å². The van der Waals surface area contributed by atoms with Crippen molar-refractivity contribution in [1.29, 1.82) is 0 Å². The molecule has 1 aromatic heterocycles. The number of nitrogens with zero attached hydrogens (tertiary/aromatic N) is 3. The molecule has 2 aliphatic heterocycles. The van der Waals surface area contributed by atoms with Crippen LogP contribution in [-0.2, 0) is 11.3 Å². The second kappa shape index (κ2) is 8.03. The predicted molar refractivity (Wildman–Crippen MR) is 112 cm³/mol. The highest BCUT2D eigenvalue weighted by Crippen LogP contribution is 2.28. The van der Waals surface area contributed by atoms with E-state index in [0.29, 0.717) is 28.3 Å². The molecule has 32 heavy (non-hydrogen) atoms. The number of hydrogen-bond donors (Lipinski definition) is 3. The van der Waals surface area contributed by atoms with Gasteiger partial charge >= 0.3 is 6.03 Å². The Morgan fingerprint density at radius 2 is 2.12 bits per heavy atom. The Balaban J connectivity index is 1.62. The number of carbonyl (C=O) groups excluding carboxylic acids is 3. The zero-order valence-electron chi connectivity index (χ0n) is 17.3. The number of pyridine rings is 1. The molecule has 0 unspecified atom stereocenters. The van der Waals surface area contributed by atoms with Gasteiger partial charge in [0.1, 0.15) is 11.5 Å². The van der Waals surface area contributed by atoms with Gasteiger partial charge in [-0.1, -0.05) is 23.1 Å². The lowest BCUT2D eigenvalue weighted by molar-refractivity contribution is -0.122. The number of oxime groups is 1. The standard InChI is InChI=1S/C22H19N5O5/c1-13(26-31)18-6-3-14(10-23-18)7-8-22(20(29)24-21(30)25-22)12-27-11-15-4-5-16(32-2)9-17(15)19(27)28/h3-6,9-10,31H,11-12H2,1-2H3,(H2,24,25,29,30)/b26-13-/t22-/m1/s1. The molecule has 2 aromatic rings. The van der Waals surface area contributed by atoms with Crippen LogP contribution < -0.4 is 15.4 Å². The number of urea groups is 1. The highest BCUT2D eigenvalue weighted by Gasteiger charge is 2.48. The van der Waals surface area contributed by atoms with Crippen LogP contribution in [0.15, 0.2) is 41.7 Å². The van der Waals surface area contributed by atoms with Crippen molar-refractivity contribution >= 4 is 23.6 Å². The first-order valence-corrected chi connectivity index (χ1v) is 9.63. The number of imide groups is 1. The first-order chi connectivity index (χ1) is 15.3. The van der Waals surface area contributed by atoms with E-state index in [-0.39, 0.29) is 19.0 Å². The number of hydrogen-bond acceptors (Lipinski definition) is 7. The number of nitrogens with one attached hydrogen (secondary N) is 2. The Morgan fingerprint density at radius 1 is 1.31 bits per heavy atom. The molecule has 2 aliphatic rings. The fraction of sp³-hybridized carbons (Fsp3) is 0.227. The maximum absolute atomic E-state index is 12.9. The summed E-state index contributed by atoms with van der Waals surface area (Å²) < 4.78 is 5.18. The molecule has 3 N–H and O–H groups in total. The molecule has 0 bridgehead atoms. The molecule has 0 radical (unpaired) electrons. The summed E-state index contributed by atoms with van der Waals surface area (Å²) in [4.78, 5) is 43.1. The van der Waals surface area contributed by atoms with Crippen LogP contribution in [0.5, 0.6) is 5.75 Å². The summed E-state index contributed by atoms with van der Waals surface area (Å²) in [6.45, 7) is 1.75. The number of fused-ring (bicyclic) bond motifs is 1. The molecule has 1 atom stereocenters. The van der Waals surface area contributed by atoms with Crippen LogP contribution >= 0.6 is 0 Å². The molecule has 0 aliphatic carbocycles. The number of ether oxygens (including phenoxy) is 1. The SMILES string of the molecule is COc1ccc2c(c1)C(=O)N(C[C@@]1(C#Cc3ccc(/C(C)=N\O)nc3)NC(=O)NC1=O)C2. The van der Waals surface area contributed by atoms with E-state index in [0.717, 1.165) is 5.56 Å². The summed E-state index contributed by atoms with van der Waals surface area (Å²) in [7, 11) is 1.52. The minimum atomic E-state index is -1.61. The molecular formula is C22H19N5O5. The molecule has 3 heterocycles. The molecule has 1 saturated heterocycles. The molecule has 4 amide bonds. The third-order valence-corrected chi connectivity index (χ3v) is 5.27. The predicted octanol–water partition coefficient (Wildman–Crippen LogP) is 0.874. The van der Waals surface area contributed by atoms with Crippen molar-refractivity contribution in [3.8, 4) is 17.6 Å². The van der Waals surface area contributed by atoms with Crippen LogP contribution in [0.3, 0.4) is 0 Å². The van der Waals surface area contributed by atoms with E-state index in [1.54, 1.807) is 37.3 Å². The maximum Gasteiger partial charge on any atom is 0.323 e. The molecule has 1 aromatic carbocycles. The van der Waals surface area contributed by atoms with E-state index in [9.17, 15) is 14.4 Å². The maximum atomic E-state index is 12.9. The van der Waals surface area contributed by atoms with Crippen molar-refractivity contribution in [3.05, 3.63) is 58.9 Å². The zero-order chi connectivity index (χ0) is 22.9. The third kappa shape index (κ3) is 3.72. The van der Waals surface area contributed by atoms with E-state index in [1.165, 1.54) is 18.2 Å². The molecule has 0 saturated carbocycles. The van der Waals surface area contributed by atoms with Gasteiger partial charge in [-0.3, -0.25) is 19.9 Å². The summed E-state index contributed by atoms with van der Waals surface area (Å²) in [5.41, 5.74) is 0.957. The first-order valence-electron chi connectivity index (χ1n) is 9.63. The molecule has 10 heteroatoms. The largest absolute Gasteiger partial charge is 0.497 e. The summed E-state index contributed by atoms with van der Waals surface area (Å²) >= 11 is 0. The van der Waals surface area contributed by atoms with E-state index >= 15 is 0 Å². The molecule has 1 fully saturated rings. The van der Waals surface area contributed by atoms with Gasteiger partial charge in [-0.25, -0.2) is 4.79 Å². The quantitative estimate of drug-likeness (QED) is 0.215. The summed E-state index contributed by atoms with van der Waals surface area (Å²) in [6, 6.07) is 7.78. The summed E-state index contributed by atoms with van der Waals surface area (Å²) in [6.07, 6.45) is 1.46. The van der Waals surface area contributed by atoms with E-state index < -0.39 is 17.5 Å². The summed E-state index contributed by atoms with van der Waals surface area (Å²) in [5, 5.41) is 16.7. The van der Waals surface area contributed by atoms with E-state index in [1.807, 2.05) is 0 Å². The second-order valence-electron chi connectivity index (χ2n) is 7.37. The Bertz CT molecular complexity index is 1210. The van der Waals surface area contributed by atoms with Crippen LogP contribution in [0, 0.1) is 11.8 Å². The normalized spacial score (nSPS) is 19.8. The smallest absolute Gasteiger partial charge is 0.323 e. The Hall–Kier alpha value is -4.39.